The smallest absolute Gasteiger partial charge is 0.253 e. The summed E-state index contributed by atoms with van der Waals surface area (Å²) in [6.45, 7) is 1.52. The fourth-order valence-electron chi connectivity index (χ4n) is 5.83. The van der Waals surface area contributed by atoms with Gasteiger partial charge in [-0.05, 0) is 68.4 Å². The largest absolute Gasteiger partial charge is 0.393 e. The lowest BCUT2D eigenvalue weighted by molar-refractivity contribution is 0.0765. The summed E-state index contributed by atoms with van der Waals surface area (Å²) in [5, 5.41) is 17.8. The van der Waals surface area contributed by atoms with Gasteiger partial charge in [0, 0.05) is 48.0 Å². The number of fused-ring (bicyclic) bond motifs is 2. The molecule has 0 unspecified atom stereocenters. The first-order chi connectivity index (χ1) is 17.0. The van der Waals surface area contributed by atoms with Gasteiger partial charge in [0.15, 0.2) is 5.13 Å². The molecule has 1 aromatic carbocycles. The second-order valence-electron chi connectivity index (χ2n) is 10.00. The van der Waals surface area contributed by atoms with E-state index in [1.165, 1.54) is 0 Å². The molecule has 2 aromatic heterocycles. The zero-order chi connectivity index (χ0) is 23.9. The molecule has 6 rings (SSSR count). The maximum atomic E-state index is 13.1. The van der Waals surface area contributed by atoms with E-state index in [1.54, 1.807) is 23.1 Å². The Kier molecular flexibility index (Phi) is 6.28. The molecule has 3 aromatic rings. The molecule has 35 heavy (non-hydrogen) atoms. The maximum Gasteiger partial charge on any atom is 0.253 e. The van der Waals surface area contributed by atoms with Crippen LogP contribution in [0.25, 0.3) is 10.2 Å². The van der Waals surface area contributed by atoms with Crippen LogP contribution in [0, 0.1) is 11.8 Å². The number of aliphatic hydroxyl groups excluding tert-OH is 1. The normalized spacial score (nSPS) is 27.9. The van der Waals surface area contributed by atoms with Crippen LogP contribution in [0.15, 0.2) is 35.5 Å². The fraction of sp³-hybridized carbons (Fsp3) is 0.520. The summed E-state index contributed by atoms with van der Waals surface area (Å²) in [4.78, 5) is 29.7. The number of hydrogen-bond acceptors (Lipinski definition) is 9. The van der Waals surface area contributed by atoms with E-state index in [0.29, 0.717) is 29.9 Å². The van der Waals surface area contributed by atoms with Gasteiger partial charge in [0.1, 0.15) is 0 Å². The molecule has 3 fully saturated rings. The highest BCUT2D eigenvalue weighted by Crippen LogP contribution is 2.39. The van der Waals surface area contributed by atoms with Gasteiger partial charge >= 0.3 is 0 Å². The molecule has 0 bridgehead atoms. The number of aliphatic hydroxyl groups is 1. The molecular formula is C25H30N6O2S2. The van der Waals surface area contributed by atoms with Gasteiger partial charge in [-0.25, -0.2) is 15.0 Å². The van der Waals surface area contributed by atoms with Gasteiger partial charge in [0.25, 0.3) is 5.91 Å². The molecule has 184 valence electrons. The molecule has 2 saturated carbocycles. The quantitative estimate of drug-likeness (QED) is 0.426. The van der Waals surface area contributed by atoms with Gasteiger partial charge in [-0.15, -0.1) is 11.8 Å². The topological polar surface area (TPSA) is 103 Å². The lowest BCUT2D eigenvalue weighted by Crippen LogP contribution is -2.30. The van der Waals surface area contributed by atoms with E-state index in [1.807, 2.05) is 41.7 Å². The van der Waals surface area contributed by atoms with Crippen LogP contribution in [-0.2, 0) is 0 Å². The molecule has 3 aliphatic rings. The number of thioether (sulfide) groups is 1. The van der Waals surface area contributed by atoms with Crippen LogP contribution in [0.4, 0.5) is 11.1 Å². The van der Waals surface area contributed by atoms with Crippen LogP contribution < -0.4 is 10.6 Å². The first kappa shape index (κ1) is 23.0. The predicted molar refractivity (Wildman–Crippen MR) is 140 cm³/mol. The molecule has 0 radical (unpaired) electrons. The summed E-state index contributed by atoms with van der Waals surface area (Å²) >= 11 is 3.25. The first-order valence-corrected chi connectivity index (χ1v) is 14.3. The summed E-state index contributed by atoms with van der Waals surface area (Å²) in [5.41, 5.74) is 1.65. The van der Waals surface area contributed by atoms with Crippen molar-refractivity contribution in [3.8, 4) is 0 Å². The molecule has 3 heterocycles. The van der Waals surface area contributed by atoms with Crippen molar-refractivity contribution in [3.63, 3.8) is 0 Å². The Morgan fingerprint density at radius 3 is 2.51 bits per heavy atom. The van der Waals surface area contributed by atoms with Crippen LogP contribution in [0.2, 0.25) is 0 Å². The van der Waals surface area contributed by atoms with E-state index in [2.05, 4.69) is 20.6 Å². The minimum atomic E-state index is -0.187. The Hall–Kier alpha value is -2.43. The number of aromatic nitrogens is 3. The summed E-state index contributed by atoms with van der Waals surface area (Å²) in [6.07, 6.45) is 10.3. The number of likely N-dealkylation sites (tertiary alicyclic amines) is 1. The maximum absolute atomic E-state index is 13.1. The highest BCUT2D eigenvalue weighted by molar-refractivity contribution is 7.98. The first-order valence-electron chi connectivity index (χ1n) is 12.3. The van der Waals surface area contributed by atoms with E-state index < -0.39 is 0 Å². The molecule has 1 saturated heterocycles. The molecule has 3 N–H and O–H groups in total. The molecule has 2 aliphatic carbocycles. The lowest BCUT2D eigenvalue weighted by Gasteiger charge is -2.18. The van der Waals surface area contributed by atoms with Crippen LogP contribution in [0.1, 0.15) is 42.5 Å². The fourth-order valence-corrected chi connectivity index (χ4v) is 7.13. The van der Waals surface area contributed by atoms with Crippen molar-refractivity contribution < 1.29 is 9.90 Å². The van der Waals surface area contributed by atoms with E-state index in [4.69, 9.17) is 4.98 Å². The Labute approximate surface area is 212 Å². The second-order valence-corrected chi connectivity index (χ2v) is 11.9. The van der Waals surface area contributed by atoms with Crippen molar-refractivity contribution in [1.82, 2.24) is 19.9 Å². The van der Waals surface area contributed by atoms with Crippen LogP contribution in [0.5, 0.6) is 0 Å². The average Bonchev–Trinajstić information content (AvgIpc) is 3.62. The van der Waals surface area contributed by atoms with Crippen molar-refractivity contribution in [1.29, 1.82) is 0 Å². The Balaban J connectivity index is 1.07. The van der Waals surface area contributed by atoms with Gasteiger partial charge < -0.3 is 20.6 Å². The highest BCUT2D eigenvalue weighted by Gasteiger charge is 2.41. The number of nitrogens with zero attached hydrogens (tertiary/aromatic N) is 4. The number of hydrogen-bond donors (Lipinski definition) is 3. The highest BCUT2D eigenvalue weighted by atomic mass is 32.2. The number of anilines is 2. The van der Waals surface area contributed by atoms with Crippen LogP contribution >= 0.6 is 23.1 Å². The molecule has 1 aliphatic heterocycles. The lowest BCUT2D eigenvalue weighted by atomic mass is 10.0. The zero-order valence-corrected chi connectivity index (χ0v) is 21.3. The SMILES string of the molecule is CSc1cnc(N[C@H]2CC[C@H](Nc3nc4ccc(C(=O)N5C[C@H]6C[C@@H](O)C[C@H]6C5)cc4s3)C2)nc1. The average molecular weight is 511 g/mol. The number of carbonyl (C=O) groups excluding carboxylic acids is 1. The summed E-state index contributed by atoms with van der Waals surface area (Å²) in [6, 6.07) is 6.53. The minimum Gasteiger partial charge on any atom is -0.393 e. The summed E-state index contributed by atoms with van der Waals surface area (Å²) in [7, 11) is 0. The third-order valence-electron chi connectivity index (χ3n) is 7.61. The predicted octanol–water partition coefficient (Wildman–Crippen LogP) is 4.10. The minimum absolute atomic E-state index is 0.0937. The summed E-state index contributed by atoms with van der Waals surface area (Å²) in [5.74, 6) is 1.67. The number of nitrogens with one attached hydrogen (secondary N) is 2. The Bertz CT molecular complexity index is 1200. The van der Waals surface area contributed by atoms with E-state index in [0.717, 1.165) is 71.0 Å². The number of benzene rings is 1. The number of amides is 1. The standard InChI is InChI=1S/C25H30N6O2S2/c1-34-20-10-26-24(27-11-20)28-17-3-4-18(9-17)29-25-30-21-5-2-14(8-22(21)35-25)23(33)31-12-15-6-19(32)7-16(15)13-31/h2,5,8,10-11,15-19,32H,3-4,6-7,9,12-13H2,1H3,(H,29,30)(H,26,27,28)/t15-,16+,17-,18-,19-/m0/s1. The van der Waals surface area contributed by atoms with Gasteiger partial charge in [-0.2, -0.15) is 0 Å². The van der Waals surface area contributed by atoms with Crippen LogP contribution in [-0.4, -0.2) is 68.4 Å². The van der Waals surface area contributed by atoms with Crippen LogP contribution in [0.3, 0.4) is 0 Å². The number of thiazole rings is 1. The monoisotopic (exact) mass is 510 g/mol. The molecule has 5 atom stereocenters. The second kappa shape index (κ2) is 9.55. The van der Waals surface area contributed by atoms with Crippen molar-refractivity contribution in [2.24, 2.45) is 11.8 Å². The summed E-state index contributed by atoms with van der Waals surface area (Å²) < 4.78 is 1.03. The van der Waals surface area contributed by atoms with E-state index in [9.17, 15) is 9.90 Å². The van der Waals surface area contributed by atoms with Crippen molar-refractivity contribution >= 4 is 50.3 Å². The van der Waals surface area contributed by atoms with Gasteiger partial charge in [0.05, 0.1) is 16.3 Å². The number of rotatable bonds is 6. The van der Waals surface area contributed by atoms with Crippen molar-refractivity contribution in [2.75, 3.05) is 30.0 Å². The third-order valence-corrected chi connectivity index (χ3v) is 9.24. The number of carbonyl (C=O) groups is 1. The van der Waals surface area contributed by atoms with Crippen molar-refractivity contribution in [2.45, 2.75) is 55.2 Å². The van der Waals surface area contributed by atoms with Gasteiger partial charge in [0.2, 0.25) is 5.95 Å². The third kappa shape index (κ3) is 4.83. The molecular weight excluding hydrogens is 480 g/mol. The van der Waals surface area contributed by atoms with Gasteiger partial charge in [-0.3, -0.25) is 4.79 Å². The van der Waals surface area contributed by atoms with E-state index in [-0.39, 0.29) is 12.0 Å². The Morgan fingerprint density at radius 2 is 1.80 bits per heavy atom. The van der Waals surface area contributed by atoms with Crippen molar-refractivity contribution in [3.05, 3.63) is 36.2 Å². The van der Waals surface area contributed by atoms with Gasteiger partial charge in [-0.1, -0.05) is 11.3 Å². The Morgan fingerprint density at radius 1 is 1.09 bits per heavy atom. The van der Waals surface area contributed by atoms with E-state index >= 15 is 0 Å². The molecule has 8 nitrogen and oxygen atoms in total. The molecule has 10 heteroatoms. The molecule has 1 amide bonds. The zero-order valence-electron chi connectivity index (χ0n) is 19.7. The molecule has 0 spiro atoms.